The lowest BCUT2D eigenvalue weighted by atomic mass is 9.95. The Bertz CT molecular complexity index is 1150. The number of ether oxygens (including phenoxy) is 2. The van der Waals surface area contributed by atoms with Crippen LogP contribution in [0.3, 0.4) is 0 Å². The van der Waals surface area contributed by atoms with E-state index in [0.29, 0.717) is 17.6 Å². The summed E-state index contributed by atoms with van der Waals surface area (Å²) < 4.78 is 13.3. The molecule has 0 aliphatic carbocycles. The lowest BCUT2D eigenvalue weighted by Gasteiger charge is -2.37. The number of rotatable bonds is 4. The molecule has 4 rings (SSSR count). The third-order valence-electron chi connectivity index (χ3n) is 5.37. The molecule has 0 bridgehead atoms. The monoisotopic (exact) mass is 502 g/mol. The molecule has 1 saturated heterocycles. The van der Waals surface area contributed by atoms with Crippen LogP contribution in [0.15, 0.2) is 47.1 Å². The van der Waals surface area contributed by atoms with E-state index in [-0.39, 0.29) is 0 Å². The number of nitrogens with zero attached hydrogens (tertiary/aromatic N) is 2. The van der Waals surface area contributed by atoms with E-state index in [2.05, 4.69) is 32.9 Å². The third-order valence-corrected chi connectivity index (χ3v) is 5.82. The average molecular weight is 503 g/mol. The molecular weight excluding hydrogens is 480 g/mol. The molecule has 1 aliphatic heterocycles. The van der Waals surface area contributed by atoms with Gasteiger partial charge in [-0.05, 0) is 29.8 Å². The molecule has 0 amide bonds. The van der Waals surface area contributed by atoms with Gasteiger partial charge in [-0.15, -0.1) is 0 Å². The topological polar surface area (TPSA) is 117 Å². The van der Waals surface area contributed by atoms with Crippen molar-refractivity contribution in [3.63, 3.8) is 0 Å². The van der Waals surface area contributed by atoms with Crippen molar-refractivity contribution in [1.29, 1.82) is 0 Å². The molecular formula is C23H23BrN2O6. The van der Waals surface area contributed by atoms with Crippen LogP contribution in [0.2, 0.25) is 0 Å². The summed E-state index contributed by atoms with van der Waals surface area (Å²) in [5.74, 6) is 6.56. The van der Waals surface area contributed by atoms with Gasteiger partial charge >= 0.3 is 0 Å². The van der Waals surface area contributed by atoms with E-state index >= 15 is 0 Å². The quantitative estimate of drug-likeness (QED) is 0.394. The summed E-state index contributed by atoms with van der Waals surface area (Å²) in [6.07, 6.45) is -4.44. The van der Waals surface area contributed by atoms with Gasteiger partial charge in [0.15, 0.2) is 0 Å². The van der Waals surface area contributed by atoms with Crippen molar-refractivity contribution >= 4 is 26.8 Å². The van der Waals surface area contributed by atoms with Crippen LogP contribution in [0.25, 0.3) is 10.9 Å². The Balaban J connectivity index is 1.62. The Morgan fingerprint density at radius 3 is 2.56 bits per heavy atom. The first-order valence-electron chi connectivity index (χ1n) is 10.0. The molecule has 32 heavy (non-hydrogen) atoms. The molecule has 0 saturated carbocycles. The summed E-state index contributed by atoms with van der Waals surface area (Å²) in [7, 11) is 1.62. The van der Waals surface area contributed by atoms with Crippen molar-refractivity contribution < 1.29 is 29.9 Å². The van der Waals surface area contributed by atoms with Gasteiger partial charge in [0.25, 0.3) is 0 Å². The largest absolute Gasteiger partial charge is 0.497 e. The van der Waals surface area contributed by atoms with Crippen LogP contribution >= 0.6 is 15.9 Å². The smallest absolute Gasteiger partial charge is 0.147 e. The summed E-state index contributed by atoms with van der Waals surface area (Å²) >= 11 is 3.49. The van der Waals surface area contributed by atoms with Crippen molar-refractivity contribution in [2.75, 3.05) is 13.7 Å². The van der Waals surface area contributed by atoms with E-state index in [1.807, 2.05) is 47.3 Å². The van der Waals surface area contributed by atoms with Gasteiger partial charge in [0.1, 0.15) is 41.8 Å². The number of aromatic nitrogens is 2. The molecule has 0 spiro atoms. The van der Waals surface area contributed by atoms with Gasteiger partial charge in [0.2, 0.25) is 0 Å². The van der Waals surface area contributed by atoms with E-state index in [0.717, 1.165) is 21.2 Å². The summed E-state index contributed by atoms with van der Waals surface area (Å²) in [5, 5.41) is 45.0. The molecule has 2 heterocycles. The average Bonchev–Trinajstić information content (AvgIpc) is 3.19. The number of fused-ring (bicyclic) bond motifs is 1. The number of hydrogen-bond donors (Lipinski definition) is 4. The molecule has 168 valence electrons. The molecule has 0 radical (unpaired) electrons. The van der Waals surface area contributed by atoms with Gasteiger partial charge in [0, 0.05) is 16.1 Å². The molecule has 3 aromatic rings. The van der Waals surface area contributed by atoms with Gasteiger partial charge in [-0.3, -0.25) is 4.68 Å². The van der Waals surface area contributed by atoms with Gasteiger partial charge in [-0.25, -0.2) is 0 Å². The molecule has 9 heteroatoms. The summed E-state index contributed by atoms with van der Waals surface area (Å²) in [5.41, 5.74) is 2.35. The van der Waals surface area contributed by atoms with Crippen LogP contribution in [0, 0.1) is 11.8 Å². The molecule has 1 fully saturated rings. The fourth-order valence-electron chi connectivity index (χ4n) is 3.61. The second kappa shape index (κ2) is 9.58. The lowest BCUT2D eigenvalue weighted by Crippen LogP contribution is -2.58. The molecule has 2 aromatic carbocycles. The highest BCUT2D eigenvalue weighted by Crippen LogP contribution is 2.25. The van der Waals surface area contributed by atoms with E-state index in [9.17, 15) is 20.4 Å². The fraction of sp³-hybridized carbons (Fsp3) is 0.348. The van der Waals surface area contributed by atoms with E-state index in [4.69, 9.17) is 9.47 Å². The minimum Gasteiger partial charge on any atom is -0.497 e. The number of benzene rings is 2. The molecule has 8 nitrogen and oxygen atoms in total. The van der Waals surface area contributed by atoms with Crippen LogP contribution in [0.4, 0.5) is 0 Å². The minimum atomic E-state index is -1.47. The number of halogens is 1. The number of aliphatic hydroxyl groups is 4. The molecule has 1 aromatic heterocycles. The van der Waals surface area contributed by atoms with Crippen LogP contribution in [0.1, 0.15) is 11.1 Å². The summed E-state index contributed by atoms with van der Waals surface area (Å²) in [6, 6.07) is 11.5. The molecule has 4 unspecified atom stereocenters. The maximum absolute atomic E-state index is 10.2. The standard InChI is InChI=1S/C23H23BrN2O6/c1-31-17-5-2-13(3-6-17)10-26-11-15-9-16(24)8-14(20(15)25-26)4-7-18-21(28)23(30)22(29)19(12-27)32-18/h2-3,5-6,8-9,11,18-19,21-23,27-30H,10,12H2,1H3/t18?,19?,21?,22-,23?/m1/s1. The van der Waals surface area contributed by atoms with Gasteiger partial charge < -0.3 is 29.9 Å². The van der Waals surface area contributed by atoms with Crippen molar-refractivity contribution in [3.8, 4) is 17.6 Å². The lowest BCUT2D eigenvalue weighted by molar-refractivity contribution is -0.214. The van der Waals surface area contributed by atoms with Crippen LogP contribution in [-0.4, -0.2) is 74.4 Å². The molecule has 5 atom stereocenters. The van der Waals surface area contributed by atoms with E-state index < -0.39 is 37.1 Å². The highest BCUT2D eigenvalue weighted by Gasteiger charge is 2.42. The predicted octanol–water partition coefficient (Wildman–Crippen LogP) is 1.05. The Kier molecular flexibility index (Phi) is 6.81. The Labute approximate surface area is 193 Å². The second-order valence-electron chi connectivity index (χ2n) is 7.58. The molecule has 4 N–H and O–H groups in total. The van der Waals surface area contributed by atoms with E-state index in [1.54, 1.807) is 7.11 Å². The number of hydrogen-bond acceptors (Lipinski definition) is 7. The Morgan fingerprint density at radius 2 is 1.88 bits per heavy atom. The molecule has 1 aliphatic rings. The number of aliphatic hydroxyl groups excluding tert-OH is 4. The third kappa shape index (κ3) is 4.66. The zero-order valence-electron chi connectivity index (χ0n) is 17.2. The van der Waals surface area contributed by atoms with Crippen LogP contribution < -0.4 is 4.74 Å². The maximum Gasteiger partial charge on any atom is 0.147 e. The SMILES string of the molecule is COc1ccc(Cn2cc3cc(Br)cc(C#CC4OC(CO)[C@@H](O)C(O)C4O)c3n2)cc1. The Hall–Kier alpha value is -2.45. The minimum absolute atomic E-state index is 0.500. The highest BCUT2D eigenvalue weighted by atomic mass is 79.9. The predicted molar refractivity (Wildman–Crippen MR) is 120 cm³/mol. The van der Waals surface area contributed by atoms with Gasteiger partial charge in [-0.1, -0.05) is 39.9 Å². The summed E-state index contributed by atoms with van der Waals surface area (Å²) in [6.45, 7) is 0.0654. The second-order valence-corrected chi connectivity index (χ2v) is 8.50. The van der Waals surface area contributed by atoms with Gasteiger partial charge in [0.05, 0.1) is 25.8 Å². The first-order valence-corrected chi connectivity index (χ1v) is 10.8. The fourth-order valence-corrected chi connectivity index (χ4v) is 4.09. The maximum atomic E-state index is 10.2. The zero-order chi connectivity index (χ0) is 22.8. The van der Waals surface area contributed by atoms with Crippen molar-refractivity contribution in [1.82, 2.24) is 9.78 Å². The zero-order valence-corrected chi connectivity index (χ0v) is 18.8. The van der Waals surface area contributed by atoms with Crippen LogP contribution in [-0.2, 0) is 11.3 Å². The Morgan fingerprint density at radius 1 is 1.12 bits per heavy atom. The first-order chi connectivity index (χ1) is 15.4. The van der Waals surface area contributed by atoms with Crippen molar-refractivity contribution in [2.24, 2.45) is 0 Å². The van der Waals surface area contributed by atoms with Crippen molar-refractivity contribution in [2.45, 2.75) is 37.1 Å². The van der Waals surface area contributed by atoms with E-state index in [1.165, 1.54) is 0 Å². The number of methoxy groups -OCH3 is 1. The normalized spacial score (nSPS) is 25.4. The first kappa shape index (κ1) is 22.7. The van der Waals surface area contributed by atoms with Crippen LogP contribution in [0.5, 0.6) is 5.75 Å². The van der Waals surface area contributed by atoms with Gasteiger partial charge in [-0.2, -0.15) is 5.10 Å². The highest BCUT2D eigenvalue weighted by molar-refractivity contribution is 9.10. The van der Waals surface area contributed by atoms with Crippen molar-refractivity contribution in [3.05, 3.63) is 58.2 Å². The summed E-state index contributed by atoms with van der Waals surface area (Å²) in [4.78, 5) is 0.